The van der Waals surface area contributed by atoms with Crippen molar-refractivity contribution >= 4 is 11.6 Å². The van der Waals surface area contributed by atoms with Crippen LogP contribution in [0.25, 0.3) is 0 Å². The van der Waals surface area contributed by atoms with Crippen molar-refractivity contribution in [2.24, 2.45) is 11.0 Å². The molecule has 0 saturated carbocycles. The van der Waals surface area contributed by atoms with E-state index >= 15 is 0 Å². The van der Waals surface area contributed by atoms with Crippen molar-refractivity contribution in [1.29, 1.82) is 0 Å². The average Bonchev–Trinajstić information content (AvgIpc) is 2.45. The molecule has 1 aliphatic rings. The molecule has 0 unspecified atom stereocenters. The van der Waals surface area contributed by atoms with Gasteiger partial charge in [0.2, 0.25) is 0 Å². The number of hydrogen-bond acceptors (Lipinski definition) is 3. The van der Waals surface area contributed by atoms with E-state index in [-0.39, 0.29) is 11.7 Å². The molecule has 0 heterocycles. The molecule has 1 aromatic rings. The third-order valence-electron chi connectivity index (χ3n) is 3.70. The maximum atomic E-state index is 12.0. The minimum atomic E-state index is -0.330. The lowest BCUT2D eigenvalue weighted by atomic mass is 9.85. The van der Waals surface area contributed by atoms with E-state index in [4.69, 9.17) is 0 Å². The van der Waals surface area contributed by atoms with Crippen molar-refractivity contribution in [3.05, 3.63) is 53.6 Å². The zero-order valence-electron chi connectivity index (χ0n) is 12.4. The zero-order valence-corrected chi connectivity index (χ0v) is 12.4. The first-order chi connectivity index (χ1) is 9.97. The topological polar surface area (TPSA) is 61.7 Å². The lowest BCUT2D eigenvalue weighted by Gasteiger charge is -2.22. The first-order valence-corrected chi connectivity index (χ1v) is 6.96. The molecule has 0 fully saturated rings. The summed E-state index contributed by atoms with van der Waals surface area (Å²) in [7, 11) is 0. The van der Waals surface area contributed by atoms with Crippen molar-refractivity contribution in [2.45, 2.75) is 26.7 Å². The zero-order chi connectivity index (χ0) is 15.4. The number of nitrogens with one attached hydrogen (secondary N) is 1. The summed E-state index contributed by atoms with van der Waals surface area (Å²) in [5, 5.41) is 13.6. The Kier molecular flexibility index (Phi) is 4.58. The SMILES string of the molecule is C=C(C)[C@@H]1CC=C(C)C(=NNC(=O)c2cccc(O)c2)C1. The Morgan fingerprint density at radius 2 is 2.24 bits per heavy atom. The van der Waals surface area contributed by atoms with Crippen LogP contribution in [0.2, 0.25) is 0 Å². The van der Waals surface area contributed by atoms with Crippen molar-refractivity contribution < 1.29 is 9.90 Å². The fourth-order valence-electron chi connectivity index (χ4n) is 2.25. The lowest BCUT2D eigenvalue weighted by molar-refractivity contribution is 0.0954. The summed E-state index contributed by atoms with van der Waals surface area (Å²) in [6.45, 7) is 8.00. The molecule has 21 heavy (non-hydrogen) atoms. The average molecular weight is 284 g/mol. The van der Waals surface area contributed by atoms with Crippen molar-refractivity contribution in [1.82, 2.24) is 5.43 Å². The van der Waals surface area contributed by atoms with E-state index in [0.717, 1.165) is 29.7 Å². The van der Waals surface area contributed by atoms with Gasteiger partial charge in [0.15, 0.2) is 0 Å². The van der Waals surface area contributed by atoms with Crippen LogP contribution in [0.5, 0.6) is 5.75 Å². The highest BCUT2D eigenvalue weighted by Gasteiger charge is 2.18. The molecule has 4 heteroatoms. The number of rotatable bonds is 3. The van der Waals surface area contributed by atoms with E-state index in [2.05, 4.69) is 23.2 Å². The summed E-state index contributed by atoms with van der Waals surface area (Å²) in [4.78, 5) is 12.0. The van der Waals surface area contributed by atoms with Crippen molar-refractivity contribution in [3.8, 4) is 5.75 Å². The van der Waals surface area contributed by atoms with Crippen LogP contribution >= 0.6 is 0 Å². The van der Waals surface area contributed by atoms with E-state index in [1.165, 1.54) is 12.1 Å². The Bertz CT molecular complexity index is 629. The second-order valence-electron chi connectivity index (χ2n) is 5.42. The number of hydrazone groups is 1. The van der Waals surface area contributed by atoms with Gasteiger partial charge < -0.3 is 5.11 Å². The molecule has 0 spiro atoms. The summed E-state index contributed by atoms with van der Waals surface area (Å²) in [6, 6.07) is 6.19. The molecule has 0 bridgehead atoms. The Hall–Kier alpha value is -2.36. The van der Waals surface area contributed by atoms with Crippen LogP contribution in [0, 0.1) is 5.92 Å². The third-order valence-corrected chi connectivity index (χ3v) is 3.70. The third kappa shape index (κ3) is 3.81. The van der Waals surface area contributed by atoms with Crippen LogP contribution in [0.3, 0.4) is 0 Å². The predicted molar refractivity (Wildman–Crippen MR) is 84.3 cm³/mol. The van der Waals surface area contributed by atoms with Gasteiger partial charge in [-0.05, 0) is 56.4 Å². The van der Waals surface area contributed by atoms with Gasteiger partial charge in [0.25, 0.3) is 5.91 Å². The summed E-state index contributed by atoms with van der Waals surface area (Å²) in [5.74, 6) is 0.111. The maximum Gasteiger partial charge on any atom is 0.271 e. The first-order valence-electron chi connectivity index (χ1n) is 6.96. The van der Waals surface area contributed by atoms with E-state index in [0.29, 0.717) is 11.5 Å². The molecule has 0 saturated heterocycles. The van der Waals surface area contributed by atoms with Crippen LogP contribution in [0.1, 0.15) is 37.0 Å². The summed E-state index contributed by atoms with van der Waals surface area (Å²) < 4.78 is 0. The number of carbonyl (C=O) groups excluding carboxylic acids is 1. The van der Waals surface area contributed by atoms with E-state index in [9.17, 15) is 9.90 Å². The smallest absolute Gasteiger partial charge is 0.271 e. The second-order valence-corrected chi connectivity index (χ2v) is 5.42. The molecular weight excluding hydrogens is 264 g/mol. The van der Waals surface area contributed by atoms with E-state index < -0.39 is 0 Å². The normalized spacial score (nSPS) is 20.0. The Morgan fingerprint density at radius 1 is 1.48 bits per heavy atom. The first kappa shape index (κ1) is 15.0. The fraction of sp³-hybridized carbons (Fsp3) is 0.294. The quantitative estimate of drug-likeness (QED) is 0.660. The number of hydrogen-bond donors (Lipinski definition) is 2. The number of aromatic hydroxyl groups is 1. The standard InChI is InChI=1S/C17H20N2O2/c1-11(2)13-8-7-12(3)16(10-13)18-19-17(21)14-5-4-6-15(20)9-14/h4-7,9,13,20H,1,8,10H2,2-3H3,(H,19,21)/t13-/m1/s1. The number of allylic oxidation sites excluding steroid dienone is 3. The molecule has 110 valence electrons. The van der Waals surface area contributed by atoms with Crippen LogP contribution in [0.4, 0.5) is 0 Å². The highest BCUT2D eigenvalue weighted by Crippen LogP contribution is 2.26. The lowest BCUT2D eigenvalue weighted by Crippen LogP contribution is -2.23. The number of phenols is 1. The van der Waals surface area contributed by atoms with Gasteiger partial charge in [-0.15, -0.1) is 0 Å². The number of phenolic OH excluding ortho intramolecular Hbond substituents is 1. The number of benzene rings is 1. The van der Waals surface area contributed by atoms with Gasteiger partial charge in [-0.25, -0.2) is 5.43 Å². The van der Waals surface area contributed by atoms with Gasteiger partial charge in [0.1, 0.15) is 5.75 Å². The molecule has 0 radical (unpaired) electrons. The molecule has 1 aliphatic carbocycles. The van der Waals surface area contributed by atoms with Crippen molar-refractivity contribution in [2.75, 3.05) is 0 Å². The fourth-order valence-corrected chi connectivity index (χ4v) is 2.25. The molecule has 1 aromatic carbocycles. The van der Waals surface area contributed by atoms with Crippen LogP contribution < -0.4 is 5.43 Å². The van der Waals surface area contributed by atoms with Crippen LogP contribution in [0.15, 0.2) is 53.2 Å². The predicted octanol–water partition coefficient (Wildman–Crippen LogP) is 3.41. The molecule has 4 nitrogen and oxygen atoms in total. The number of carbonyl (C=O) groups is 1. The van der Waals surface area contributed by atoms with Gasteiger partial charge in [-0.3, -0.25) is 4.79 Å². The molecular formula is C17H20N2O2. The van der Waals surface area contributed by atoms with Gasteiger partial charge in [0, 0.05) is 5.56 Å². The largest absolute Gasteiger partial charge is 0.508 e. The van der Waals surface area contributed by atoms with Gasteiger partial charge in [-0.2, -0.15) is 5.10 Å². The minimum absolute atomic E-state index is 0.0615. The number of nitrogens with zero attached hydrogens (tertiary/aromatic N) is 1. The van der Waals surface area contributed by atoms with Gasteiger partial charge in [-0.1, -0.05) is 24.3 Å². The molecule has 2 N–H and O–H groups in total. The Labute approximate surface area is 124 Å². The molecule has 0 aromatic heterocycles. The summed E-state index contributed by atoms with van der Waals surface area (Å²) in [6.07, 6.45) is 3.89. The van der Waals surface area contributed by atoms with Crippen LogP contribution in [-0.4, -0.2) is 16.7 Å². The van der Waals surface area contributed by atoms with E-state index in [1.54, 1.807) is 12.1 Å². The number of amides is 1. The molecule has 1 atom stereocenters. The Balaban J connectivity index is 2.09. The molecule has 2 rings (SSSR count). The van der Waals surface area contributed by atoms with Crippen molar-refractivity contribution in [3.63, 3.8) is 0 Å². The molecule has 0 aliphatic heterocycles. The Morgan fingerprint density at radius 3 is 2.90 bits per heavy atom. The monoisotopic (exact) mass is 284 g/mol. The maximum absolute atomic E-state index is 12.0. The highest BCUT2D eigenvalue weighted by atomic mass is 16.3. The van der Waals surface area contributed by atoms with E-state index in [1.807, 2.05) is 13.8 Å². The second kappa shape index (κ2) is 6.39. The molecule has 1 amide bonds. The summed E-state index contributed by atoms with van der Waals surface area (Å²) in [5.41, 5.74) is 6.03. The minimum Gasteiger partial charge on any atom is -0.508 e. The van der Waals surface area contributed by atoms with Crippen LogP contribution in [-0.2, 0) is 0 Å². The highest BCUT2D eigenvalue weighted by molar-refractivity contribution is 6.02. The summed E-state index contributed by atoms with van der Waals surface area (Å²) >= 11 is 0. The van der Waals surface area contributed by atoms with Gasteiger partial charge in [0.05, 0.1) is 5.71 Å². The van der Waals surface area contributed by atoms with Gasteiger partial charge >= 0.3 is 0 Å².